The Morgan fingerprint density at radius 2 is 1.22 bits per heavy atom. The Balaban J connectivity index is 3.40. The Bertz CT molecular complexity index is 462. The van der Waals surface area contributed by atoms with E-state index in [0.717, 1.165) is 6.42 Å². The lowest BCUT2D eigenvalue weighted by Gasteiger charge is -2.24. The summed E-state index contributed by atoms with van der Waals surface area (Å²) in [5.41, 5.74) is 0. The Morgan fingerprint density at radius 3 is 1.69 bits per heavy atom. The molecule has 2 unspecified atom stereocenters. The van der Waals surface area contributed by atoms with Gasteiger partial charge in [-0.05, 0) is 6.42 Å². The summed E-state index contributed by atoms with van der Waals surface area (Å²) in [4.78, 5) is 9.68. The van der Waals surface area contributed by atoms with Gasteiger partial charge in [-0.15, -0.1) is 11.6 Å². The topological polar surface area (TPSA) is 65.0 Å². The van der Waals surface area contributed by atoms with Gasteiger partial charge < -0.3 is 14.1 Å². The normalized spacial score (nSPS) is 15.1. The molecule has 8 heteroatoms. The van der Waals surface area contributed by atoms with E-state index >= 15 is 0 Å². The fraction of sp³-hybridized carbons (Fsp3) is 1.00. The molecule has 0 aromatic rings. The number of hydrogen-bond acceptors (Lipinski definition) is 4. The number of unbranched alkanes of at least 4 members (excludes halogenated alkanes) is 13. The molecule has 0 heterocycles. The zero-order chi connectivity index (χ0) is 24.1. The smallest absolute Gasteiger partial charge is 0.380 e. The molecule has 32 heavy (non-hydrogen) atoms. The van der Waals surface area contributed by atoms with Gasteiger partial charge >= 0.3 is 7.82 Å². The Labute approximate surface area is 203 Å². The van der Waals surface area contributed by atoms with Gasteiger partial charge in [-0.25, -0.2) is 4.57 Å². The number of quaternary nitrogens is 1. The van der Waals surface area contributed by atoms with Gasteiger partial charge in [-0.3, -0.25) is 9.05 Å². The van der Waals surface area contributed by atoms with Crippen molar-refractivity contribution in [3.63, 3.8) is 0 Å². The highest BCUT2D eigenvalue weighted by Crippen LogP contribution is 2.43. The summed E-state index contributed by atoms with van der Waals surface area (Å²) in [6.07, 6.45) is 18.6. The van der Waals surface area contributed by atoms with E-state index in [2.05, 4.69) is 6.92 Å². The van der Waals surface area contributed by atoms with Crippen molar-refractivity contribution in [1.29, 1.82) is 0 Å². The number of nitrogens with zero attached hydrogens (tertiary/aromatic N) is 1. The van der Waals surface area contributed by atoms with E-state index in [1.165, 1.54) is 83.5 Å². The van der Waals surface area contributed by atoms with E-state index < -0.39 is 13.2 Å². The Kier molecular flexibility index (Phi) is 20.9. The first-order valence-electron chi connectivity index (χ1n) is 12.8. The average molecular weight is 501 g/mol. The van der Waals surface area contributed by atoms with Crippen LogP contribution in [0, 0.1) is 0 Å². The Hall–Kier alpha value is 0.320. The van der Waals surface area contributed by atoms with Crippen LogP contribution < -0.4 is 0 Å². The third kappa shape index (κ3) is 25.0. The lowest BCUT2D eigenvalue weighted by Crippen LogP contribution is -2.37. The minimum absolute atomic E-state index is 0.0710. The van der Waals surface area contributed by atoms with Crippen molar-refractivity contribution < 1.29 is 27.7 Å². The van der Waals surface area contributed by atoms with Crippen molar-refractivity contribution in [1.82, 2.24) is 0 Å². The molecule has 0 aliphatic heterocycles. The molecule has 0 saturated carbocycles. The maximum Gasteiger partial charge on any atom is 0.472 e. The van der Waals surface area contributed by atoms with Crippen LogP contribution in [-0.4, -0.2) is 68.9 Å². The van der Waals surface area contributed by atoms with E-state index in [9.17, 15) is 9.46 Å². The monoisotopic (exact) mass is 500 g/mol. The molecule has 0 rings (SSSR count). The van der Waals surface area contributed by atoms with Gasteiger partial charge in [0.15, 0.2) is 0 Å². The molecular formula is C24H52ClNO5P+. The van der Waals surface area contributed by atoms with Crippen LogP contribution in [0.1, 0.15) is 96.8 Å². The predicted molar refractivity (Wildman–Crippen MR) is 135 cm³/mol. The van der Waals surface area contributed by atoms with Gasteiger partial charge in [0.2, 0.25) is 0 Å². The summed E-state index contributed by atoms with van der Waals surface area (Å²) in [6.45, 7) is 3.93. The summed E-state index contributed by atoms with van der Waals surface area (Å²) in [5, 5.41) is -0.468. The summed E-state index contributed by atoms with van der Waals surface area (Å²) in [5.74, 6) is 0. The summed E-state index contributed by atoms with van der Waals surface area (Å²) < 4.78 is 28.0. The van der Waals surface area contributed by atoms with Crippen molar-refractivity contribution >= 4 is 19.4 Å². The van der Waals surface area contributed by atoms with Crippen LogP contribution >= 0.6 is 19.4 Å². The number of ether oxygens (including phenoxy) is 1. The van der Waals surface area contributed by atoms with Crippen molar-refractivity contribution in [3.05, 3.63) is 0 Å². The Morgan fingerprint density at radius 1 is 0.750 bits per heavy atom. The van der Waals surface area contributed by atoms with Crippen LogP contribution in [0.5, 0.6) is 0 Å². The lowest BCUT2D eigenvalue weighted by molar-refractivity contribution is -0.870. The molecule has 0 radical (unpaired) electrons. The number of likely N-dealkylation sites (N-methyl/N-ethyl adjacent to an activating group) is 1. The second-order valence-corrected chi connectivity index (χ2v) is 12.0. The minimum atomic E-state index is -4.06. The maximum atomic E-state index is 11.8. The van der Waals surface area contributed by atoms with Gasteiger partial charge in [0.1, 0.15) is 13.2 Å². The minimum Gasteiger partial charge on any atom is -0.380 e. The molecule has 0 aromatic heterocycles. The number of phosphoric acid groups is 1. The van der Waals surface area contributed by atoms with Crippen LogP contribution in [-0.2, 0) is 18.3 Å². The third-order valence-electron chi connectivity index (χ3n) is 5.38. The third-order valence-corrected chi connectivity index (χ3v) is 6.61. The summed E-state index contributed by atoms with van der Waals surface area (Å²) in [7, 11) is 1.89. The highest BCUT2D eigenvalue weighted by atomic mass is 35.5. The summed E-state index contributed by atoms with van der Waals surface area (Å²) in [6, 6.07) is 0. The second kappa shape index (κ2) is 20.7. The van der Waals surface area contributed by atoms with Gasteiger partial charge in [0, 0.05) is 6.61 Å². The molecule has 0 aromatic carbocycles. The highest BCUT2D eigenvalue weighted by Gasteiger charge is 2.24. The average Bonchev–Trinajstić information content (AvgIpc) is 2.71. The molecule has 0 spiro atoms. The van der Waals surface area contributed by atoms with Crippen molar-refractivity contribution in [3.8, 4) is 0 Å². The maximum absolute atomic E-state index is 11.8. The number of halogens is 1. The molecule has 2 atom stereocenters. The fourth-order valence-corrected chi connectivity index (χ4v) is 4.30. The van der Waals surface area contributed by atoms with Crippen molar-refractivity contribution in [2.24, 2.45) is 0 Å². The molecule has 0 amide bonds. The molecular weight excluding hydrogens is 449 g/mol. The highest BCUT2D eigenvalue weighted by molar-refractivity contribution is 7.47. The zero-order valence-corrected chi connectivity index (χ0v) is 23.0. The predicted octanol–water partition coefficient (Wildman–Crippen LogP) is 6.93. The second-order valence-electron chi connectivity index (χ2n) is 9.88. The number of phosphoric ester groups is 1. The van der Waals surface area contributed by atoms with Crippen LogP contribution in [0.2, 0.25) is 0 Å². The van der Waals surface area contributed by atoms with Crippen LogP contribution in [0.4, 0.5) is 0 Å². The van der Waals surface area contributed by atoms with Gasteiger partial charge in [0.25, 0.3) is 0 Å². The number of alkyl halides is 1. The zero-order valence-electron chi connectivity index (χ0n) is 21.4. The van der Waals surface area contributed by atoms with E-state index in [1.807, 2.05) is 21.1 Å². The van der Waals surface area contributed by atoms with Crippen molar-refractivity contribution in [2.45, 2.75) is 102 Å². The molecule has 194 valence electrons. The fourth-order valence-electron chi connectivity index (χ4n) is 3.30. The molecule has 0 aliphatic rings. The molecule has 1 N–H and O–H groups in total. The molecule has 0 bridgehead atoms. The standard InChI is InChI=1S/C24H51ClNO5P/c1-5-6-7-8-9-10-11-12-13-14-15-16-17-18-20-29-22-24(25)23-31-32(27,28)30-21-19-26(2,3)4/h24H,5-23H2,1-4H3/p+1. The van der Waals surface area contributed by atoms with E-state index in [4.69, 9.17) is 25.4 Å². The van der Waals surface area contributed by atoms with E-state index in [-0.39, 0.29) is 13.2 Å². The van der Waals surface area contributed by atoms with Crippen LogP contribution in [0.3, 0.4) is 0 Å². The van der Waals surface area contributed by atoms with Crippen LogP contribution in [0.15, 0.2) is 0 Å². The van der Waals surface area contributed by atoms with Gasteiger partial charge in [-0.2, -0.15) is 0 Å². The number of hydrogen-bond donors (Lipinski definition) is 1. The van der Waals surface area contributed by atoms with Crippen molar-refractivity contribution in [2.75, 3.05) is 54.1 Å². The van der Waals surface area contributed by atoms with Gasteiger partial charge in [0.05, 0.1) is 39.7 Å². The van der Waals surface area contributed by atoms with E-state index in [1.54, 1.807) is 0 Å². The molecule has 0 fully saturated rings. The molecule has 0 aliphatic carbocycles. The SMILES string of the molecule is CCCCCCCCCCCCCCCCOCC(Cl)COP(=O)(O)OCC[N+](C)(C)C. The lowest BCUT2D eigenvalue weighted by atomic mass is 10.0. The van der Waals surface area contributed by atoms with Gasteiger partial charge in [-0.1, -0.05) is 90.4 Å². The van der Waals surface area contributed by atoms with E-state index in [0.29, 0.717) is 24.2 Å². The first kappa shape index (κ1) is 32.3. The molecule has 0 saturated heterocycles. The van der Waals surface area contributed by atoms with Crippen LogP contribution in [0.25, 0.3) is 0 Å². The number of rotatable bonds is 24. The molecule has 6 nitrogen and oxygen atoms in total. The largest absolute Gasteiger partial charge is 0.472 e. The summed E-state index contributed by atoms with van der Waals surface area (Å²) >= 11 is 6.12. The first-order valence-corrected chi connectivity index (χ1v) is 14.7. The quantitative estimate of drug-likeness (QED) is 0.0673. The first-order chi connectivity index (χ1) is 15.2.